The molecule has 2 saturated heterocycles. The van der Waals surface area contributed by atoms with Crippen LogP contribution in [0, 0.1) is 62.0 Å². The summed E-state index contributed by atoms with van der Waals surface area (Å²) in [6.07, 6.45) is -1.41. The molecular weight excluding hydrogens is 442 g/mol. The van der Waals surface area contributed by atoms with Crippen LogP contribution in [0.15, 0.2) is 42.5 Å². The Morgan fingerprint density at radius 1 is 1.06 bits per heavy atom. The minimum atomic E-state index is -2.19. The molecule has 4 atom stereocenters. The summed E-state index contributed by atoms with van der Waals surface area (Å²) in [6.45, 7) is 1.56. The maximum absolute atomic E-state index is 14.1. The van der Waals surface area contributed by atoms with Gasteiger partial charge in [0.1, 0.15) is 11.9 Å². The molecule has 9 heteroatoms. The average Bonchev–Trinajstić information content (AvgIpc) is 2.90. The van der Waals surface area contributed by atoms with Crippen molar-refractivity contribution >= 4 is 29.1 Å². The number of hydrogen-bond donors (Lipinski definition) is 1. The molecule has 0 spiro atoms. The molecule has 2 bridgehead atoms. The first kappa shape index (κ1) is 21.1. The average molecular weight is 455 g/mol. The Balaban J connectivity index is 2.07. The molecule has 1 N–H and O–H groups in total. The highest BCUT2D eigenvalue weighted by molar-refractivity contribution is 6.35. The van der Waals surface area contributed by atoms with Crippen molar-refractivity contribution in [1.29, 1.82) is 21.2 Å². The van der Waals surface area contributed by atoms with Crippen LogP contribution in [0.4, 0.5) is 4.39 Å². The van der Waals surface area contributed by atoms with Gasteiger partial charge in [-0.3, -0.25) is 5.41 Å². The van der Waals surface area contributed by atoms with Crippen LogP contribution >= 0.6 is 23.2 Å². The summed E-state index contributed by atoms with van der Waals surface area (Å²) in [7, 11) is 0. The first-order valence-electron chi connectivity index (χ1n) is 9.13. The van der Waals surface area contributed by atoms with Crippen LogP contribution < -0.4 is 0 Å². The second-order valence-corrected chi connectivity index (χ2v) is 8.29. The minimum Gasteiger partial charge on any atom is -0.443 e. The van der Waals surface area contributed by atoms with Crippen molar-refractivity contribution in [2.24, 2.45) is 16.7 Å². The number of nitrogens with one attached hydrogen (secondary N) is 1. The first-order chi connectivity index (χ1) is 14.7. The van der Waals surface area contributed by atoms with Gasteiger partial charge in [0.2, 0.25) is 17.1 Å². The van der Waals surface area contributed by atoms with Gasteiger partial charge in [-0.2, -0.15) is 15.8 Å². The van der Waals surface area contributed by atoms with Crippen LogP contribution in [-0.2, 0) is 15.3 Å². The van der Waals surface area contributed by atoms with Gasteiger partial charge in [0.15, 0.2) is 5.41 Å². The summed E-state index contributed by atoms with van der Waals surface area (Å²) in [5.41, 5.74) is -3.76. The van der Waals surface area contributed by atoms with Crippen LogP contribution in [0.25, 0.3) is 0 Å². The summed E-state index contributed by atoms with van der Waals surface area (Å²) in [5.74, 6) is -3.96. The van der Waals surface area contributed by atoms with Crippen molar-refractivity contribution in [3.8, 4) is 18.2 Å². The second-order valence-electron chi connectivity index (χ2n) is 7.45. The third-order valence-corrected chi connectivity index (χ3v) is 6.67. The quantitative estimate of drug-likeness (QED) is 0.665. The van der Waals surface area contributed by atoms with E-state index in [-0.39, 0.29) is 16.1 Å². The van der Waals surface area contributed by atoms with Crippen LogP contribution in [0.5, 0.6) is 0 Å². The van der Waals surface area contributed by atoms with Gasteiger partial charge in [-0.25, -0.2) is 4.39 Å². The molecule has 0 aromatic heterocycles. The molecule has 2 aliphatic heterocycles. The lowest BCUT2D eigenvalue weighted by molar-refractivity contribution is -0.288. The lowest BCUT2D eigenvalue weighted by Crippen LogP contribution is -2.57. The van der Waals surface area contributed by atoms with Crippen LogP contribution in [0.2, 0.25) is 10.0 Å². The molecule has 154 valence electrons. The normalized spacial score (nSPS) is 30.5. The van der Waals surface area contributed by atoms with Gasteiger partial charge >= 0.3 is 0 Å². The van der Waals surface area contributed by atoms with E-state index in [2.05, 4.69) is 0 Å². The molecule has 2 fully saturated rings. The fraction of sp³-hybridized carbons (Fsp3) is 0.273. The third kappa shape index (κ3) is 2.47. The zero-order valence-corrected chi connectivity index (χ0v) is 17.5. The molecule has 2 aliphatic rings. The topological polar surface area (TPSA) is 114 Å². The maximum Gasteiger partial charge on any atom is 0.245 e. The Bertz CT molecular complexity index is 1230. The monoisotopic (exact) mass is 454 g/mol. The number of fused-ring (bicyclic) bond motifs is 2. The predicted molar refractivity (Wildman–Crippen MR) is 108 cm³/mol. The molecule has 0 amide bonds. The molecule has 0 aliphatic carbocycles. The molecule has 2 aromatic rings. The first-order valence-corrected chi connectivity index (χ1v) is 9.88. The Labute approximate surface area is 187 Å². The summed E-state index contributed by atoms with van der Waals surface area (Å²) < 4.78 is 26.2. The molecule has 0 saturated carbocycles. The highest BCUT2D eigenvalue weighted by Crippen LogP contribution is 2.69. The predicted octanol–water partition coefficient (Wildman–Crippen LogP) is 5.24. The van der Waals surface area contributed by atoms with Crippen molar-refractivity contribution in [2.75, 3.05) is 0 Å². The van der Waals surface area contributed by atoms with Crippen molar-refractivity contribution in [2.45, 2.75) is 18.8 Å². The fourth-order valence-corrected chi connectivity index (χ4v) is 5.13. The Morgan fingerprint density at radius 3 is 2.35 bits per heavy atom. The number of halogens is 3. The van der Waals surface area contributed by atoms with E-state index in [9.17, 15) is 20.2 Å². The highest BCUT2D eigenvalue weighted by atomic mass is 35.5. The van der Waals surface area contributed by atoms with Crippen molar-refractivity contribution in [3.63, 3.8) is 0 Å². The van der Waals surface area contributed by atoms with E-state index in [1.807, 2.05) is 18.2 Å². The van der Waals surface area contributed by atoms with Crippen molar-refractivity contribution < 1.29 is 13.9 Å². The molecule has 4 unspecified atom stereocenters. The molecule has 4 rings (SSSR count). The van der Waals surface area contributed by atoms with Gasteiger partial charge in [0.25, 0.3) is 0 Å². The molecule has 31 heavy (non-hydrogen) atoms. The maximum atomic E-state index is 14.1. The van der Waals surface area contributed by atoms with Crippen LogP contribution in [-0.4, -0.2) is 5.90 Å². The summed E-state index contributed by atoms with van der Waals surface area (Å²) in [5, 5.41) is 39.6. The molecule has 6 nitrogen and oxygen atoms in total. The van der Waals surface area contributed by atoms with Gasteiger partial charge in [-0.05, 0) is 35.9 Å². The van der Waals surface area contributed by atoms with E-state index in [4.69, 9.17) is 38.1 Å². The van der Waals surface area contributed by atoms with Gasteiger partial charge in [-0.15, -0.1) is 0 Å². The standard InChI is InChI=1S/C22H13Cl2FN4O2/c1-12-21(11-28)19(29)31-22(12,16-6-5-14(23)8-17(16)24)30-18(20(21,9-26)10-27)13-3-2-4-15(25)7-13/h2-8,12,18,29H,1H3. The molecule has 2 heterocycles. The van der Waals surface area contributed by atoms with Crippen LogP contribution in [0.1, 0.15) is 24.2 Å². The largest absolute Gasteiger partial charge is 0.443 e. The fourth-order valence-electron chi connectivity index (χ4n) is 4.59. The van der Waals surface area contributed by atoms with E-state index < -0.39 is 40.4 Å². The van der Waals surface area contributed by atoms with Crippen molar-refractivity contribution in [1.82, 2.24) is 0 Å². The van der Waals surface area contributed by atoms with E-state index in [0.717, 1.165) is 6.07 Å². The summed E-state index contributed by atoms with van der Waals surface area (Å²) in [4.78, 5) is 0. The van der Waals surface area contributed by atoms with E-state index in [1.54, 1.807) is 13.0 Å². The molecule has 2 aromatic carbocycles. The smallest absolute Gasteiger partial charge is 0.245 e. The van der Waals surface area contributed by atoms with Gasteiger partial charge in [0.05, 0.1) is 29.1 Å². The van der Waals surface area contributed by atoms with Gasteiger partial charge in [0, 0.05) is 10.6 Å². The Morgan fingerprint density at radius 2 is 1.77 bits per heavy atom. The van der Waals surface area contributed by atoms with Gasteiger partial charge in [-0.1, -0.05) is 42.3 Å². The zero-order valence-electron chi connectivity index (χ0n) is 16.0. The second kappa shape index (κ2) is 6.94. The number of benzene rings is 2. The van der Waals surface area contributed by atoms with Crippen LogP contribution in [0.3, 0.4) is 0 Å². The number of nitriles is 3. The number of hydrogen-bond acceptors (Lipinski definition) is 6. The lowest BCUT2D eigenvalue weighted by Gasteiger charge is -2.49. The van der Waals surface area contributed by atoms with Crippen molar-refractivity contribution in [3.05, 3.63) is 69.5 Å². The van der Waals surface area contributed by atoms with E-state index in [1.165, 1.54) is 30.3 Å². The Kier molecular flexibility index (Phi) is 4.72. The van der Waals surface area contributed by atoms with Gasteiger partial charge < -0.3 is 9.47 Å². The SMILES string of the molecule is CC1C2(c3ccc(Cl)cc3Cl)OC(=N)C1(C#N)C(C#N)(C#N)C(c1cccc(F)c1)O2. The number of ether oxygens (including phenoxy) is 2. The molecular formula is C22H13Cl2FN4O2. The summed E-state index contributed by atoms with van der Waals surface area (Å²) in [6, 6.07) is 15.6. The Hall–Kier alpha value is -3.15. The minimum absolute atomic E-state index is 0.153. The number of nitrogens with zero attached hydrogens (tertiary/aromatic N) is 3. The van der Waals surface area contributed by atoms with E-state index >= 15 is 0 Å². The highest BCUT2D eigenvalue weighted by Gasteiger charge is 2.80. The molecule has 0 radical (unpaired) electrons. The number of rotatable bonds is 2. The lowest BCUT2D eigenvalue weighted by atomic mass is 9.53. The zero-order chi connectivity index (χ0) is 22.6. The van der Waals surface area contributed by atoms with E-state index in [0.29, 0.717) is 5.02 Å². The third-order valence-electron chi connectivity index (χ3n) is 6.13. The summed E-state index contributed by atoms with van der Waals surface area (Å²) >= 11 is 12.4.